The first-order valence-electron chi connectivity index (χ1n) is 9.92. The average Bonchev–Trinajstić information content (AvgIpc) is 3.55. The van der Waals surface area contributed by atoms with Crippen molar-refractivity contribution < 1.29 is 23.5 Å². The van der Waals surface area contributed by atoms with E-state index < -0.39 is 17.6 Å². The standard InChI is InChI=1S/C24H19ClF2N2O3/c1-24(26,27)21-9-4-14(12-28-21)17-8-7-16(10-20(17)23(31)32)29-22(30)19-11-18(19)13-2-5-15(25)6-3-13/h2-10,12,18-19H,11H2,1H3,(H,29,30)(H,31,32)/t18-,19+/m0/s1. The number of aromatic nitrogens is 1. The van der Waals surface area contributed by atoms with Gasteiger partial charge >= 0.3 is 5.97 Å². The number of anilines is 1. The number of amides is 1. The number of halogens is 3. The van der Waals surface area contributed by atoms with E-state index >= 15 is 0 Å². The molecule has 8 heteroatoms. The third kappa shape index (κ3) is 4.62. The van der Waals surface area contributed by atoms with E-state index in [0.717, 1.165) is 12.5 Å². The number of carboxylic acids is 1. The second-order valence-electron chi connectivity index (χ2n) is 7.88. The highest BCUT2D eigenvalue weighted by atomic mass is 35.5. The zero-order valence-corrected chi connectivity index (χ0v) is 17.7. The van der Waals surface area contributed by atoms with E-state index in [1.165, 1.54) is 30.5 Å². The van der Waals surface area contributed by atoms with Crippen molar-refractivity contribution in [1.29, 1.82) is 0 Å². The van der Waals surface area contributed by atoms with Crippen molar-refractivity contribution in [3.8, 4) is 11.1 Å². The van der Waals surface area contributed by atoms with Gasteiger partial charge in [0.2, 0.25) is 5.91 Å². The first kappa shape index (κ1) is 21.9. The molecule has 1 aliphatic rings. The maximum Gasteiger partial charge on any atom is 0.336 e. The van der Waals surface area contributed by atoms with E-state index in [1.807, 2.05) is 12.1 Å². The number of aromatic carboxylic acids is 1. The van der Waals surface area contributed by atoms with Crippen LogP contribution in [0.2, 0.25) is 5.02 Å². The Morgan fingerprint density at radius 3 is 2.44 bits per heavy atom. The van der Waals surface area contributed by atoms with E-state index in [2.05, 4.69) is 10.3 Å². The van der Waals surface area contributed by atoms with Gasteiger partial charge in [0.25, 0.3) is 5.92 Å². The number of rotatable bonds is 6. The van der Waals surface area contributed by atoms with E-state index in [4.69, 9.17) is 11.6 Å². The highest BCUT2D eigenvalue weighted by Gasteiger charge is 2.43. The number of pyridine rings is 1. The lowest BCUT2D eigenvalue weighted by molar-refractivity contribution is -0.117. The quantitative estimate of drug-likeness (QED) is 0.480. The van der Waals surface area contributed by atoms with Crippen LogP contribution in [-0.4, -0.2) is 22.0 Å². The van der Waals surface area contributed by atoms with Crippen LogP contribution < -0.4 is 5.32 Å². The van der Waals surface area contributed by atoms with Gasteiger partial charge in [0, 0.05) is 35.3 Å². The van der Waals surface area contributed by atoms with Crippen molar-refractivity contribution in [2.45, 2.75) is 25.2 Å². The summed E-state index contributed by atoms with van der Waals surface area (Å²) in [6, 6.07) is 14.4. The summed E-state index contributed by atoms with van der Waals surface area (Å²) in [5, 5.41) is 13.0. The summed E-state index contributed by atoms with van der Waals surface area (Å²) in [6.45, 7) is 0.743. The van der Waals surface area contributed by atoms with Crippen molar-refractivity contribution in [3.05, 3.63) is 82.6 Å². The zero-order chi connectivity index (χ0) is 23.0. The van der Waals surface area contributed by atoms with Crippen molar-refractivity contribution in [2.24, 2.45) is 5.92 Å². The molecule has 3 aromatic rings. The molecule has 5 nitrogen and oxygen atoms in total. The molecule has 1 aliphatic carbocycles. The zero-order valence-electron chi connectivity index (χ0n) is 17.0. The number of carboxylic acid groups (broad SMARTS) is 1. The highest BCUT2D eigenvalue weighted by Crippen LogP contribution is 2.48. The Bertz CT molecular complexity index is 1180. The van der Waals surface area contributed by atoms with E-state index in [9.17, 15) is 23.5 Å². The molecule has 1 fully saturated rings. The summed E-state index contributed by atoms with van der Waals surface area (Å²) in [6.07, 6.45) is 1.92. The van der Waals surface area contributed by atoms with Crippen LogP contribution in [0.5, 0.6) is 0 Å². The molecule has 0 saturated heterocycles. The molecule has 1 saturated carbocycles. The Kier molecular flexibility index (Phi) is 5.69. The summed E-state index contributed by atoms with van der Waals surface area (Å²) >= 11 is 5.90. The van der Waals surface area contributed by atoms with Crippen LogP contribution in [0.1, 0.15) is 40.9 Å². The van der Waals surface area contributed by atoms with Gasteiger partial charge in [-0.05, 0) is 53.8 Å². The Labute approximate surface area is 188 Å². The molecule has 1 heterocycles. The Morgan fingerprint density at radius 1 is 1.12 bits per heavy atom. The fourth-order valence-electron chi connectivity index (χ4n) is 3.66. The number of nitrogens with one attached hydrogen (secondary N) is 1. The number of benzene rings is 2. The minimum Gasteiger partial charge on any atom is -0.478 e. The lowest BCUT2D eigenvalue weighted by Crippen LogP contribution is -2.15. The van der Waals surface area contributed by atoms with Crippen LogP contribution in [0.3, 0.4) is 0 Å². The van der Waals surface area contributed by atoms with Crippen LogP contribution in [0.25, 0.3) is 11.1 Å². The Hall–Kier alpha value is -3.32. The summed E-state index contributed by atoms with van der Waals surface area (Å²) in [7, 11) is 0. The second kappa shape index (κ2) is 8.31. The van der Waals surface area contributed by atoms with E-state index in [1.54, 1.807) is 18.2 Å². The monoisotopic (exact) mass is 456 g/mol. The molecule has 0 spiro atoms. The molecule has 2 N–H and O–H groups in total. The number of alkyl halides is 2. The third-order valence-corrected chi connectivity index (χ3v) is 5.72. The van der Waals surface area contributed by atoms with Gasteiger partial charge in [-0.15, -0.1) is 0 Å². The molecular formula is C24H19ClF2N2O3. The molecule has 0 aliphatic heterocycles. The lowest BCUT2D eigenvalue weighted by atomic mass is 9.99. The molecule has 1 amide bonds. The first-order valence-corrected chi connectivity index (χ1v) is 10.3. The van der Waals surface area contributed by atoms with Crippen LogP contribution in [-0.2, 0) is 10.7 Å². The minimum atomic E-state index is -3.09. The predicted octanol–water partition coefficient (Wildman–Crippen LogP) is 5.95. The molecule has 4 rings (SSSR count). The fraction of sp³-hybridized carbons (Fsp3) is 0.208. The van der Waals surface area contributed by atoms with E-state index in [0.29, 0.717) is 28.3 Å². The smallest absolute Gasteiger partial charge is 0.336 e. The van der Waals surface area contributed by atoms with Gasteiger partial charge in [0.05, 0.1) is 5.56 Å². The average molecular weight is 457 g/mol. The number of carbonyl (C=O) groups is 2. The molecule has 0 unspecified atom stereocenters. The number of nitrogens with zero attached hydrogens (tertiary/aromatic N) is 1. The largest absolute Gasteiger partial charge is 0.478 e. The van der Waals surface area contributed by atoms with Gasteiger partial charge in [-0.2, -0.15) is 8.78 Å². The molecule has 2 aromatic carbocycles. The summed E-state index contributed by atoms with van der Waals surface area (Å²) in [5.74, 6) is -4.57. The van der Waals surface area contributed by atoms with Crippen molar-refractivity contribution in [2.75, 3.05) is 5.32 Å². The minimum absolute atomic E-state index is 0.0642. The van der Waals surface area contributed by atoms with Crippen LogP contribution in [0.4, 0.5) is 14.5 Å². The Balaban J connectivity index is 1.51. The number of hydrogen-bond acceptors (Lipinski definition) is 3. The number of carbonyl (C=O) groups excluding carboxylic acids is 1. The summed E-state index contributed by atoms with van der Waals surface area (Å²) in [5.41, 5.74) is 1.62. The topological polar surface area (TPSA) is 79.3 Å². The van der Waals surface area contributed by atoms with Crippen LogP contribution >= 0.6 is 11.6 Å². The van der Waals surface area contributed by atoms with Crippen LogP contribution in [0, 0.1) is 5.92 Å². The summed E-state index contributed by atoms with van der Waals surface area (Å²) < 4.78 is 26.8. The molecule has 0 radical (unpaired) electrons. The number of hydrogen-bond donors (Lipinski definition) is 2. The van der Waals surface area contributed by atoms with Gasteiger partial charge in [0.1, 0.15) is 5.69 Å². The molecule has 32 heavy (non-hydrogen) atoms. The SMILES string of the molecule is CC(F)(F)c1ccc(-c2ccc(NC(=O)[C@@H]3C[C@H]3c3ccc(Cl)cc3)cc2C(=O)O)cn1. The van der Waals surface area contributed by atoms with Crippen molar-refractivity contribution in [1.82, 2.24) is 4.98 Å². The maximum atomic E-state index is 13.4. The highest BCUT2D eigenvalue weighted by molar-refractivity contribution is 6.30. The predicted molar refractivity (Wildman–Crippen MR) is 117 cm³/mol. The van der Waals surface area contributed by atoms with Gasteiger partial charge in [-0.25, -0.2) is 4.79 Å². The molecule has 2 atom stereocenters. The fourth-order valence-corrected chi connectivity index (χ4v) is 3.79. The van der Waals surface area contributed by atoms with Gasteiger partial charge < -0.3 is 10.4 Å². The van der Waals surface area contributed by atoms with Gasteiger partial charge in [-0.3, -0.25) is 9.78 Å². The first-order chi connectivity index (χ1) is 15.1. The third-order valence-electron chi connectivity index (χ3n) is 5.47. The summed E-state index contributed by atoms with van der Waals surface area (Å²) in [4.78, 5) is 28.2. The van der Waals surface area contributed by atoms with Gasteiger partial charge in [-0.1, -0.05) is 35.9 Å². The molecular weight excluding hydrogens is 438 g/mol. The lowest BCUT2D eigenvalue weighted by Gasteiger charge is -2.12. The van der Waals surface area contributed by atoms with Gasteiger partial charge in [0.15, 0.2) is 0 Å². The maximum absolute atomic E-state index is 13.4. The molecule has 1 aromatic heterocycles. The van der Waals surface area contributed by atoms with E-state index in [-0.39, 0.29) is 23.3 Å². The van der Waals surface area contributed by atoms with Crippen molar-refractivity contribution >= 4 is 29.2 Å². The molecule has 164 valence electrons. The van der Waals surface area contributed by atoms with Crippen molar-refractivity contribution in [3.63, 3.8) is 0 Å². The normalized spacial score (nSPS) is 17.6. The molecule has 0 bridgehead atoms. The Morgan fingerprint density at radius 2 is 1.84 bits per heavy atom. The second-order valence-corrected chi connectivity index (χ2v) is 8.31. The van der Waals surface area contributed by atoms with Crippen LogP contribution in [0.15, 0.2) is 60.8 Å².